The van der Waals surface area contributed by atoms with Gasteiger partial charge in [-0.15, -0.1) is 0 Å². The highest BCUT2D eigenvalue weighted by atomic mass is 16.5. The molecule has 15 heavy (non-hydrogen) atoms. The smallest absolute Gasteiger partial charge is 0.308 e. The van der Waals surface area contributed by atoms with E-state index in [1.54, 1.807) is 0 Å². The molecular formula is C12H17NO2. The molecule has 0 saturated carbocycles. The van der Waals surface area contributed by atoms with Crippen LogP contribution in [0.4, 0.5) is 5.69 Å². The Morgan fingerprint density at radius 1 is 1.53 bits per heavy atom. The van der Waals surface area contributed by atoms with Crippen LogP contribution in [0, 0.1) is 12.8 Å². The van der Waals surface area contributed by atoms with Gasteiger partial charge in [0.25, 0.3) is 0 Å². The number of methoxy groups -OCH3 is 1. The van der Waals surface area contributed by atoms with E-state index < -0.39 is 0 Å². The molecule has 82 valence electrons. The molecule has 0 spiro atoms. The first-order valence-electron chi connectivity index (χ1n) is 4.97. The van der Waals surface area contributed by atoms with Gasteiger partial charge in [0.05, 0.1) is 13.0 Å². The van der Waals surface area contributed by atoms with Crippen molar-refractivity contribution in [2.24, 2.45) is 5.92 Å². The van der Waals surface area contributed by atoms with E-state index in [9.17, 15) is 4.79 Å². The maximum atomic E-state index is 11.2. The molecule has 0 aliphatic rings. The summed E-state index contributed by atoms with van der Waals surface area (Å²) in [5.74, 6) is -0.314. The molecular weight excluding hydrogens is 190 g/mol. The number of nitrogens with two attached hydrogens (primary N) is 1. The summed E-state index contributed by atoms with van der Waals surface area (Å²) in [7, 11) is 1.41. The van der Waals surface area contributed by atoms with Gasteiger partial charge < -0.3 is 10.5 Å². The Bertz CT molecular complexity index is 361. The molecule has 0 aliphatic heterocycles. The van der Waals surface area contributed by atoms with Gasteiger partial charge in [0, 0.05) is 5.69 Å². The number of anilines is 1. The van der Waals surface area contributed by atoms with Crippen LogP contribution >= 0.6 is 0 Å². The molecule has 0 radical (unpaired) electrons. The van der Waals surface area contributed by atoms with Gasteiger partial charge in [-0.3, -0.25) is 4.79 Å². The highest BCUT2D eigenvalue weighted by Crippen LogP contribution is 2.16. The number of aryl methyl sites for hydroxylation is 1. The summed E-state index contributed by atoms with van der Waals surface area (Å²) in [4.78, 5) is 11.2. The quantitative estimate of drug-likeness (QED) is 0.608. The molecule has 0 saturated heterocycles. The van der Waals surface area contributed by atoms with E-state index in [1.165, 1.54) is 7.11 Å². The van der Waals surface area contributed by atoms with Crippen LogP contribution in [0.2, 0.25) is 0 Å². The van der Waals surface area contributed by atoms with Crippen molar-refractivity contribution in [2.45, 2.75) is 20.3 Å². The van der Waals surface area contributed by atoms with Gasteiger partial charge in [-0.05, 0) is 30.5 Å². The number of hydrogen-bond donors (Lipinski definition) is 1. The van der Waals surface area contributed by atoms with Crippen molar-refractivity contribution in [1.82, 2.24) is 0 Å². The van der Waals surface area contributed by atoms with Crippen molar-refractivity contribution >= 4 is 11.7 Å². The van der Waals surface area contributed by atoms with E-state index in [4.69, 9.17) is 5.73 Å². The third-order valence-corrected chi connectivity index (χ3v) is 2.49. The molecule has 0 aliphatic carbocycles. The first-order valence-corrected chi connectivity index (χ1v) is 4.97. The van der Waals surface area contributed by atoms with Gasteiger partial charge in [-0.25, -0.2) is 0 Å². The molecule has 0 amide bonds. The summed E-state index contributed by atoms with van der Waals surface area (Å²) in [6.45, 7) is 3.81. The summed E-state index contributed by atoms with van der Waals surface area (Å²) < 4.78 is 4.67. The molecule has 1 aromatic rings. The average Bonchev–Trinajstić information content (AvgIpc) is 2.22. The Balaban J connectivity index is 2.73. The number of benzene rings is 1. The fraction of sp³-hybridized carbons (Fsp3) is 0.417. The van der Waals surface area contributed by atoms with Crippen LogP contribution in [-0.4, -0.2) is 13.1 Å². The second-order valence-corrected chi connectivity index (χ2v) is 3.82. The largest absolute Gasteiger partial charge is 0.469 e. The van der Waals surface area contributed by atoms with Crippen LogP contribution in [0.3, 0.4) is 0 Å². The minimum Gasteiger partial charge on any atom is -0.469 e. The summed E-state index contributed by atoms with van der Waals surface area (Å²) in [6, 6.07) is 5.87. The van der Waals surface area contributed by atoms with E-state index in [-0.39, 0.29) is 11.9 Å². The molecule has 1 rings (SSSR count). The first kappa shape index (κ1) is 11.6. The van der Waals surface area contributed by atoms with Crippen molar-refractivity contribution in [2.75, 3.05) is 12.8 Å². The monoisotopic (exact) mass is 207 g/mol. The van der Waals surface area contributed by atoms with Crippen LogP contribution in [0.5, 0.6) is 0 Å². The van der Waals surface area contributed by atoms with E-state index >= 15 is 0 Å². The Hall–Kier alpha value is -1.51. The minimum atomic E-state index is -0.186. The topological polar surface area (TPSA) is 52.3 Å². The molecule has 0 bridgehead atoms. The van der Waals surface area contributed by atoms with Gasteiger partial charge in [0.2, 0.25) is 0 Å². The predicted molar refractivity (Wildman–Crippen MR) is 60.5 cm³/mol. The standard InChI is InChI=1S/C12H17NO2/c1-8-4-5-10(7-11(8)13)6-9(2)12(14)15-3/h4-5,7,9H,6,13H2,1-3H3. The van der Waals surface area contributed by atoms with E-state index in [0.717, 1.165) is 16.8 Å². The molecule has 1 aromatic carbocycles. The second-order valence-electron chi connectivity index (χ2n) is 3.82. The third kappa shape index (κ3) is 2.98. The molecule has 0 fully saturated rings. The van der Waals surface area contributed by atoms with Crippen molar-refractivity contribution < 1.29 is 9.53 Å². The lowest BCUT2D eigenvalue weighted by molar-refractivity contribution is -0.144. The highest BCUT2D eigenvalue weighted by Gasteiger charge is 2.13. The Labute approximate surface area is 90.2 Å². The van der Waals surface area contributed by atoms with Crippen LogP contribution < -0.4 is 5.73 Å². The maximum absolute atomic E-state index is 11.2. The van der Waals surface area contributed by atoms with Gasteiger partial charge in [-0.2, -0.15) is 0 Å². The molecule has 1 unspecified atom stereocenters. The SMILES string of the molecule is COC(=O)C(C)Cc1ccc(C)c(N)c1. The summed E-state index contributed by atoms with van der Waals surface area (Å²) in [5, 5.41) is 0. The van der Waals surface area contributed by atoms with Crippen LogP contribution in [0.25, 0.3) is 0 Å². The molecule has 0 aromatic heterocycles. The second kappa shape index (κ2) is 4.82. The maximum Gasteiger partial charge on any atom is 0.308 e. The number of rotatable bonds is 3. The van der Waals surface area contributed by atoms with Crippen LogP contribution in [-0.2, 0) is 16.0 Å². The zero-order chi connectivity index (χ0) is 11.4. The Morgan fingerprint density at radius 3 is 2.73 bits per heavy atom. The first-order chi connectivity index (χ1) is 7.04. The predicted octanol–water partition coefficient (Wildman–Crippen LogP) is 1.93. The number of carbonyl (C=O) groups excluding carboxylic acids is 1. The van der Waals surface area contributed by atoms with Crippen molar-refractivity contribution in [1.29, 1.82) is 0 Å². The molecule has 1 atom stereocenters. The third-order valence-electron chi connectivity index (χ3n) is 2.49. The van der Waals surface area contributed by atoms with Crippen molar-refractivity contribution in [3.63, 3.8) is 0 Å². The fourth-order valence-electron chi connectivity index (χ4n) is 1.45. The average molecular weight is 207 g/mol. The summed E-state index contributed by atoms with van der Waals surface area (Å²) in [5.41, 5.74) is 8.68. The summed E-state index contributed by atoms with van der Waals surface area (Å²) in [6.07, 6.45) is 0.664. The number of carbonyl (C=O) groups is 1. The van der Waals surface area contributed by atoms with Gasteiger partial charge in [-0.1, -0.05) is 19.1 Å². The number of ether oxygens (including phenoxy) is 1. The zero-order valence-corrected chi connectivity index (χ0v) is 9.41. The minimum absolute atomic E-state index is 0.128. The normalized spacial score (nSPS) is 12.2. The van der Waals surface area contributed by atoms with Gasteiger partial charge in [0.1, 0.15) is 0 Å². The van der Waals surface area contributed by atoms with Gasteiger partial charge in [0.15, 0.2) is 0 Å². The lowest BCUT2D eigenvalue weighted by atomic mass is 9.99. The van der Waals surface area contributed by atoms with E-state index in [2.05, 4.69) is 4.74 Å². The summed E-state index contributed by atoms with van der Waals surface area (Å²) >= 11 is 0. The lowest BCUT2D eigenvalue weighted by Crippen LogP contribution is -2.15. The molecule has 3 heteroatoms. The Kier molecular flexibility index (Phi) is 3.72. The number of hydrogen-bond acceptors (Lipinski definition) is 3. The van der Waals surface area contributed by atoms with E-state index in [0.29, 0.717) is 6.42 Å². The molecule has 2 N–H and O–H groups in total. The number of esters is 1. The van der Waals surface area contributed by atoms with E-state index in [1.807, 2.05) is 32.0 Å². The zero-order valence-electron chi connectivity index (χ0n) is 9.41. The fourth-order valence-corrected chi connectivity index (χ4v) is 1.45. The molecule has 3 nitrogen and oxygen atoms in total. The van der Waals surface area contributed by atoms with Crippen LogP contribution in [0.15, 0.2) is 18.2 Å². The van der Waals surface area contributed by atoms with Crippen LogP contribution in [0.1, 0.15) is 18.1 Å². The lowest BCUT2D eigenvalue weighted by Gasteiger charge is -2.10. The number of nitrogen functional groups attached to an aromatic ring is 1. The van der Waals surface area contributed by atoms with Gasteiger partial charge >= 0.3 is 5.97 Å². The highest BCUT2D eigenvalue weighted by molar-refractivity contribution is 5.72. The van der Waals surface area contributed by atoms with Crippen molar-refractivity contribution in [3.05, 3.63) is 29.3 Å². The molecule has 0 heterocycles. The van der Waals surface area contributed by atoms with Crippen molar-refractivity contribution in [3.8, 4) is 0 Å². The Morgan fingerprint density at radius 2 is 2.20 bits per heavy atom.